The zero-order valence-electron chi connectivity index (χ0n) is 16.5. The number of alkyl halides is 2. The second-order valence-electron chi connectivity index (χ2n) is 6.33. The number of nitrogens with zero attached hydrogens (tertiary/aromatic N) is 1. The lowest BCUT2D eigenvalue weighted by molar-refractivity contribution is -0.0855. The van der Waals surface area contributed by atoms with Crippen molar-refractivity contribution in [2.75, 3.05) is 0 Å². The molecule has 0 amide bonds. The van der Waals surface area contributed by atoms with Crippen LogP contribution in [0, 0.1) is 5.41 Å². The lowest BCUT2D eigenvalue weighted by Crippen LogP contribution is -2.33. The maximum absolute atomic E-state index is 13.3. The van der Waals surface area contributed by atoms with Gasteiger partial charge in [-0.05, 0) is 49.4 Å². The van der Waals surface area contributed by atoms with Crippen molar-refractivity contribution in [3.05, 3.63) is 59.1 Å². The molecule has 0 aromatic carbocycles. The molecule has 5 heteroatoms. The molecule has 0 atom stereocenters. The van der Waals surface area contributed by atoms with Crippen molar-refractivity contribution in [1.29, 1.82) is 0 Å². The van der Waals surface area contributed by atoms with Crippen LogP contribution >= 0.6 is 11.3 Å². The van der Waals surface area contributed by atoms with Gasteiger partial charge in [-0.3, -0.25) is 9.78 Å². The quantitative estimate of drug-likeness (QED) is 0.515. The molecule has 0 saturated carbocycles. The summed E-state index contributed by atoms with van der Waals surface area (Å²) in [6.45, 7) is 13.5. The van der Waals surface area contributed by atoms with Gasteiger partial charge in [0.1, 0.15) is 0 Å². The Kier molecular flexibility index (Phi) is 10.2. The second-order valence-corrected chi connectivity index (χ2v) is 7.28. The predicted molar refractivity (Wildman–Crippen MR) is 108 cm³/mol. The first-order chi connectivity index (χ1) is 12.0. The first-order valence-corrected chi connectivity index (χ1v) is 9.43. The normalized spacial score (nSPS) is 10.8. The van der Waals surface area contributed by atoms with Gasteiger partial charge in [-0.15, -0.1) is 11.3 Å². The average molecular weight is 382 g/mol. The summed E-state index contributed by atoms with van der Waals surface area (Å²) in [5.74, 6) is -2.63. The molecular formula is C21H29F2NOS. The van der Waals surface area contributed by atoms with Gasteiger partial charge in [0.15, 0.2) is 5.78 Å². The highest BCUT2D eigenvalue weighted by Gasteiger charge is 2.42. The molecule has 2 aromatic rings. The van der Waals surface area contributed by atoms with Crippen LogP contribution in [0.5, 0.6) is 0 Å². The van der Waals surface area contributed by atoms with Crippen LogP contribution in [0.15, 0.2) is 48.6 Å². The van der Waals surface area contributed by atoms with E-state index in [0.717, 1.165) is 17.4 Å². The number of carbonyl (C=O) groups excluding carboxylic acids is 1. The molecule has 144 valence electrons. The topological polar surface area (TPSA) is 30.0 Å². The monoisotopic (exact) mass is 381 g/mol. The lowest BCUT2D eigenvalue weighted by Gasteiger charge is -2.31. The Labute approximate surface area is 160 Å². The largest absolute Gasteiger partial charge is 0.294 e. The lowest BCUT2D eigenvalue weighted by atomic mass is 9.80. The van der Waals surface area contributed by atoms with E-state index in [9.17, 15) is 13.6 Å². The number of hydrogen-bond acceptors (Lipinski definition) is 3. The van der Waals surface area contributed by atoms with Gasteiger partial charge in [0.25, 0.3) is 5.92 Å². The number of carbonyl (C=O) groups is 1. The summed E-state index contributed by atoms with van der Waals surface area (Å²) in [4.78, 5) is 15.4. The molecule has 2 heterocycles. The standard InChI is InChI=1S/C12H16F2S.C7H7NO.C2H6/c1-9(10-6-5-7-15-10)8-11(2,3)12(4,13)14;1-6(9)7-3-2-4-8-5-7;1-2/h5-7H,1,8H2,2-4H3;2-5H,1H3;1-2H3. The Morgan fingerprint density at radius 1 is 1.19 bits per heavy atom. The molecule has 2 nitrogen and oxygen atoms in total. The highest BCUT2D eigenvalue weighted by atomic mass is 32.1. The van der Waals surface area contributed by atoms with Crippen LogP contribution in [0.3, 0.4) is 0 Å². The minimum Gasteiger partial charge on any atom is -0.294 e. The molecule has 26 heavy (non-hydrogen) atoms. The van der Waals surface area contributed by atoms with Gasteiger partial charge >= 0.3 is 0 Å². The van der Waals surface area contributed by atoms with E-state index in [0.29, 0.717) is 12.0 Å². The van der Waals surface area contributed by atoms with Gasteiger partial charge in [-0.25, -0.2) is 8.78 Å². The van der Waals surface area contributed by atoms with Crippen molar-refractivity contribution in [1.82, 2.24) is 4.98 Å². The molecule has 2 rings (SSSR count). The Balaban J connectivity index is 0.000000484. The van der Waals surface area contributed by atoms with E-state index in [1.807, 2.05) is 31.4 Å². The van der Waals surface area contributed by atoms with Crippen LogP contribution in [0.4, 0.5) is 8.78 Å². The highest BCUT2D eigenvalue weighted by Crippen LogP contribution is 2.42. The van der Waals surface area contributed by atoms with Gasteiger partial charge in [0.2, 0.25) is 0 Å². The zero-order chi connectivity index (χ0) is 20.4. The van der Waals surface area contributed by atoms with Gasteiger partial charge in [-0.1, -0.05) is 40.3 Å². The fraction of sp³-hybridized carbons (Fsp3) is 0.429. The number of Topliss-reactive ketones (excluding diaryl/α,β-unsaturated/α-hetero) is 1. The number of ketones is 1. The summed E-state index contributed by atoms with van der Waals surface area (Å²) >= 11 is 1.54. The van der Waals surface area contributed by atoms with Gasteiger partial charge < -0.3 is 0 Å². The average Bonchev–Trinajstić information content (AvgIpc) is 3.11. The Hall–Kier alpha value is -1.88. The molecule has 0 aliphatic heterocycles. The van der Waals surface area contributed by atoms with Crippen LogP contribution in [0.1, 0.15) is 63.2 Å². The summed E-state index contributed by atoms with van der Waals surface area (Å²) < 4.78 is 26.5. The zero-order valence-corrected chi connectivity index (χ0v) is 17.3. The van der Waals surface area contributed by atoms with E-state index in [1.165, 1.54) is 18.3 Å². The van der Waals surface area contributed by atoms with Gasteiger partial charge in [-0.2, -0.15) is 0 Å². The van der Waals surface area contributed by atoms with E-state index in [2.05, 4.69) is 11.6 Å². The van der Waals surface area contributed by atoms with Crippen molar-refractivity contribution < 1.29 is 13.6 Å². The first-order valence-electron chi connectivity index (χ1n) is 8.55. The third kappa shape index (κ3) is 8.00. The third-order valence-corrected chi connectivity index (χ3v) is 4.75. The molecule has 0 aliphatic rings. The number of halogens is 2. The fourth-order valence-corrected chi connectivity index (χ4v) is 2.53. The number of thiophene rings is 1. The van der Waals surface area contributed by atoms with Crippen LogP contribution in [0.25, 0.3) is 5.57 Å². The molecule has 0 spiro atoms. The fourth-order valence-electron chi connectivity index (χ4n) is 1.83. The number of aromatic nitrogens is 1. The molecular weight excluding hydrogens is 352 g/mol. The Morgan fingerprint density at radius 2 is 1.81 bits per heavy atom. The van der Waals surface area contributed by atoms with E-state index in [4.69, 9.17) is 0 Å². The molecule has 2 aromatic heterocycles. The summed E-state index contributed by atoms with van der Waals surface area (Å²) in [6, 6.07) is 7.31. The van der Waals surface area contributed by atoms with E-state index in [-0.39, 0.29) is 5.78 Å². The maximum atomic E-state index is 13.3. The Bertz CT molecular complexity index is 659. The molecule has 0 radical (unpaired) electrons. The van der Waals surface area contributed by atoms with Crippen molar-refractivity contribution in [2.24, 2.45) is 5.41 Å². The molecule has 0 aliphatic carbocycles. The molecule has 0 bridgehead atoms. The minimum atomic E-state index is -2.69. The van der Waals surface area contributed by atoms with Gasteiger partial charge in [0.05, 0.1) is 0 Å². The van der Waals surface area contributed by atoms with Crippen LogP contribution < -0.4 is 0 Å². The third-order valence-electron chi connectivity index (χ3n) is 3.78. The summed E-state index contributed by atoms with van der Waals surface area (Å²) in [6.07, 6.45) is 3.52. The van der Waals surface area contributed by atoms with E-state index < -0.39 is 11.3 Å². The summed E-state index contributed by atoms with van der Waals surface area (Å²) in [5, 5.41) is 1.93. The highest BCUT2D eigenvalue weighted by molar-refractivity contribution is 7.11. The van der Waals surface area contributed by atoms with Crippen molar-refractivity contribution in [2.45, 2.75) is 53.9 Å². The number of rotatable bonds is 5. The number of pyridine rings is 1. The maximum Gasteiger partial charge on any atom is 0.250 e. The number of allylic oxidation sites excluding steroid dienone is 1. The molecule has 0 saturated heterocycles. The van der Waals surface area contributed by atoms with E-state index in [1.54, 1.807) is 38.4 Å². The van der Waals surface area contributed by atoms with Crippen LogP contribution in [-0.2, 0) is 0 Å². The molecule has 0 fully saturated rings. The number of hydrogen-bond donors (Lipinski definition) is 0. The van der Waals surface area contributed by atoms with Crippen molar-refractivity contribution in [3.8, 4) is 0 Å². The Morgan fingerprint density at radius 3 is 2.15 bits per heavy atom. The van der Waals surface area contributed by atoms with E-state index >= 15 is 0 Å². The second kappa shape index (κ2) is 11.0. The molecule has 0 N–H and O–H groups in total. The van der Waals surface area contributed by atoms with Crippen molar-refractivity contribution >= 4 is 22.7 Å². The predicted octanol–water partition coefficient (Wildman–Crippen LogP) is 7.14. The first kappa shape index (κ1) is 24.1. The van der Waals surface area contributed by atoms with Crippen molar-refractivity contribution in [3.63, 3.8) is 0 Å². The van der Waals surface area contributed by atoms with Crippen LogP contribution in [0.2, 0.25) is 0 Å². The minimum absolute atomic E-state index is 0.0584. The molecule has 0 unspecified atom stereocenters. The SMILES string of the molecule is C=C(CC(C)(C)C(C)(F)F)c1cccs1.CC.CC(=O)c1cccnc1. The summed E-state index contributed by atoms with van der Waals surface area (Å²) in [7, 11) is 0. The van der Waals surface area contributed by atoms with Crippen LogP contribution in [-0.4, -0.2) is 16.7 Å². The van der Waals surface area contributed by atoms with Gasteiger partial charge in [0, 0.05) is 28.2 Å². The summed E-state index contributed by atoms with van der Waals surface area (Å²) in [5.41, 5.74) is 0.405. The smallest absolute Gasteiger partial charge is 0.250 e.